The molecule has 1 aromatic rings. The number of esters is 2. The summed E-state index contributed by atoms with van der Waals surface area (Å²) in [6.07, 6.45) is 0.463. The van der Waals surface area contributed by atoms with Gasteiger partial charge in [0.25, 0.3) is 0 Å². The number of benzene rings is 1. The van der Waals surface area contributed by atoms with Crippen LogP contribution in [0.5, 0.6) is 5.75 Å². The lowest BCUT2D eigenvalue weighted by atomic mass is 9.90. The molecule has 2 N–H and O–H groups in total. The number of carbonyl (C=O) groups excluding carboxylic acids is 2. The lowest BCUT2D eigenvalue weighted by molar-refractivity contribution is 0.0543. The Morgan fingerprint density at radius 3 is 2.27 bits per heavy atom. The molecule has 0 unspecified atom stereocenters. The van der Waals surface area contributed by atoms with Crippen molar-refractivity contribution in [2.24, 2.45) is 5.73 Å². The summed E-state index contributed by atoms with van der Waals surface area (Å²) in [6, 6.07) is 0.611. The zero-order chi connectivity index (χ0) is 16.4. The van der Waals surface area contributed by atoms with Crippen molar-refractivity contribution in [2.75, 3.05) is 14.2 Å². The number of ether oxygens (including phenoxy) is 3. The Kier molecular flexibility index (Phi) is 4.60. The molecule has 6 nitrogen and oxygen atoms in total. The van der Waals surface area contributed by atoms with Crippen LogP contribution in [0.25, 0.3) is 0 Å². The lowest BCUT2D eigenvalue weighted by Crippen LogP contribution is -2.43. The molecule has 0 radical (unpaired) electrons. The average Bonchev–Trinajstić information content (AvgIpc) is 2.47. The maximum atomic E-state index is 14.4. The highest BCUT2D eigenvalue weighted by molar-refractivity contribution is 6.03. The number of nitrogens with two attached hydrogens (primary N) is 1. The highest BCUT2D eigenvalue weighted by Crippen LogP contribution is 2.32. The Hall–Kier alpha value is -2.22. The van der Waals surface area contributed by atoms with Gasteiger partial charge in [0.1, 0.15) is 11.7 Å². The van der Waals surface area contributed by atoms with Crippen molar-refractivity contribution in [3.63, 3.8) is 0 Å². The van der Waals surface area contributed by atoms with Crippen LogP contribution in [0, 0.1) is 11.6 Å². The van der Waals surface area contributed by atoms with E-state index in [1.807, 2.05) is 0 Å². The van der Waals surface area contributed by atoms with Gasteiger partial charge in [-0.2, -0.15) is 0 Å². The molecule has 0 saturated heterocycles. The molecule has 2 rings (SSSR count). The number of hydrogen-bond acceptors (Lipinski definition) is 6. The van der Waals surface area contributed by atoms with Gasteiger partial charge < -0.3 is 19.9 Å². The van der Waals surface area contributed by atoms with Crippen LogP contribution in [-0.2, 0) is 9.47 Å². The first-order valence-corrected chi connectivity index (χ1v) is 6.49. The third-order valence-electron chi connectivity index (χ3n) is 3.39. The smallest absolute Gasteiger partial charge is 0.341 e. The van der Waals surface area contributed by atoms with Gasteiger partial charge in [0.15, 0.2) is 17.4 Å². The van der Waals surface area contributed by atoms with Crippen LogP contribution in [0.3, 0.4) is 0 Å². The quantitative estimate of drug-likeness (QED) is 0.845. The average molecular weight is 315 g/mol. The Bertz CT molecular complexity index is 614. The van der Waals surface area contributed by atoms with Crippen LogP contribution in [0.15, 0.2) is 6.07 Å². The van der Waals surface area contributed by atoms with Crippen molar-refractivity contribution in [1.82, 2.24) is 0 Å². The van der Waals surface area contributed by atoms with Crippen LogP contribution >= 0.6 is 0 Å². The fourth-order valence-corrected chi connectivity index (χ4v) is 2.15. The van der Waals surface area contributed by atoms with Crippen molar-refractivity contribution >= 4 is 11.9 Å². The Labute approximate surface area is 125 Å². The summed E-state index contributed by atoms with van der Waals surface area (Å²) in [6.45, 7) is 0. The monoisotopic (exact) mass is 315 g/mol. The van der Waals surface area contributed by atoms with Crippen LogP contribution in [0.1, 0.15) is 33.6 Å². The summed E-state index contributed by atoms with van der Waals surface area (Å²) in [7, 11) is 2.04. The second-order valence-corrected chi connectivity index (χ2v) is 4.88. The number of halogens is 2. The minimum Gasteiger partial charge on any atom is -0.484 e. The molecule has 1 saturated carbocycles. The van der Waals surface area contributed by atoms with E-state index in [0.29, 0.717) is 18.9 Å². The Morgan fingerprint density at radius 1 is 1.18 bits per heavy atom. The molecule has 0 aromatic heterocycles. The number of carbonyl (C=O) groups is 2. The molecule has 8 heteroatoms. The maximum Gasteiger partial charge on any atom is 0.341 e. The molecule has 0 aliphatic heterocycles. The van der Waals surface area contributed by atoms with Gasteiger partial charge in [-0.15, -0.1) is 0 Å². The summed E-state index contributed by atoms with van der Waals surface area (Å²) >= 11 is 0. The summed E-state index contributed by atoms with van der Waals surface area (Å²) in [5.41, 5.74) is 4.28. The predicted molar refractivity (Wildman–Crippen MR) is 70.7 cm³/mol. The Morgan fingerprint density at radius 2 is 1.77 bits per heavy atom. The van der Waals surface area contributed by atoms with Crippen LogP contribution < -0.4 is 10.5 Å². The minimum absolute atomic E-state index is 0.0782. The summed E-state index contributed by atoms with van der Waals surface area (Å²) in [5, 5.41) is 0. The molecule has 0 spiro atoms. The van der Waals surface area contributed by atoms with Gasteiger partial charge in [-0.1, -0.05) is 0 Å². The van der Waals surface area contributed by atoms with Gasteiger partial charge in [0, 0.05) is 6.04 Å². The molecule has 120 valence electrons. The molecule has 0 amide bonds. The fourth-order valence-electron chi connectivity index (χ4n) is 2.15. The molecule has 1 fully saturated rings. The highest BCUT2D eigenvalue weighted by Gasteiger charge is 2.33. The van der Waals surface area contributed by atoms with Crippen LogP contribution in [-0.4, -0.2) is 38.3 Å². The van der Waals surface area contributed by atoms with Gasteiger partial charge in [-0.05, 0) is 18.9 Å². The van der Waals surface area contributed by atoms with Gasteiger partial charge in [-0.25, -0.2) is 18.4 Å². The molecule has 0 heterocycles. The summed E-state index contributed by atoms with van der Waals surface area (Å²) in [4.78, 5) is 23.3. The van der Waals surface area contributed by atoms with E-state index in [1.165, 1.54) is 0 Å². The number of hydrogen-bond donors (Lipinski definition) is 1. The van der Waals surface area contributed by atoms with E-state index in [2.05, 4.69) is 9.47 Å². The van der Waals surface area contributed by atoms with Crippen molar-refractivity contribution in [2.45, 2.75) is 25.0 Å². The summed E-state index contributed by atoms with van der Waals surface area (Å²) < 4.78 is 42.5. The van der Waals surface area contributed by atoms with Crippen molar-refractivity contribution < 1.29 is 32.6 Å². The number of rotatable bonds is 4. The van der Waals surface area contributed by atoms with Gasteiger partial charge in [-0.3, -0.25) is 0 Å². The zero-order valence-corrected chi connectivity index (χ0v) is 12.0. The van der Waals surface area contributed by atoms with Crippen molar-refractivity contribution in [3.8, 4) is 5.75 Å². The molecule has 1 aromatic carbocycles. The van der Waals surface area contributed by atoms with Gasteiger partial charge in [0.05, 0.1) is 19.8 Å². The van der Waals surface area contributed by atoms with E-state index in [-0.39, 0.29) is 6.04 Å². The lowest BCUT2D eigenvalue weighted by Gasteiger charge is -2.32. The summed E-state index contributed by atoms with van der Waals surface area (Å²) in [5.74, 6) is -5.33. The molecular weight excluding hydrogens is 300 g/mol. The van der Waals surface area contributed by atoms with Crippen molar-refractivity contribution in [1.29, 1.82) is 0 Å². The van der Waals surface area contributed by atoms with Gasteiger partial charge >= 0.3 is 11.9 Å². The van der Waals surface area contributed by atoms with E-state index in [1.54, 1.807) is 0 Å². The molecule has 1 aliphatic carbocycles. The van der Waals surface area contributed by atoms with E-state index in [4.69, 9.17) is 10.5 Å². The van der Waals surface area contributed by atoms with Crippen LogP contribution in [0.4, 0.5) is 8.78 Å². The predicted octanol–water partition coefficient (Wildman–Crippen LogP) is 1.41. The molecule has 0 atom stereocenters. The Balaban J connectivity index is 2.47. The third kappa shape index (κ3) is 2.87. The van der Waals surface area contributed by atoms with E-state index < -0.39 is 46.6 Å². The molecule has 0 bridgehead atoms. The SMILES string of the molecule is COC(=O)c1cc(F)c(OC2CC(N)C2)c(F)c1C(=O)OC. The molecule has 1 aliphatic rings. The first kappa shape index (κ1) is 16.2. The topological polar surface area (TPSA) is 87.9 Å². The maximum absolute atomic E-state index is 14.4. The van der Waals surface area contributed by atoms with E-state index in [0.717, 1.165) is 14.2 Å². The minimum atomic E-state index is -1.30. The van der Waals surface area contributed by atoms with E-state index in [9.17, 15) is 18.4 Å². The number of methoxy groups -OCH3 is 2. The second-order valence-electron chi connectivity index (χ2n) is 4.88. The first-order chi connectivity index (χ1) is 10.4. The largest absolute Gasteiger partial charge is 0.484 e. The van der Waals surface area contributed by atoms with Crippen molar-refractivity contribution in [3.05, 3.63) is 28.8 Å². The molecular formula is C14H15F2NO5. The fraction of sp³-hybridized carbons (Fsp3) is 0.429. The standard InChI is InChI=1S/C14H15F2NO5/c1-20-13(18)8-5-9(15)12(22-7-3-6(17)4-7)11(16)10(8)14(19)21-2/h5-7H,3-4,17H2,1-2H3. The zero-order valence-electron chi connectivity index (χ0n) is 12.0. The normalized spacial score (nSPS) is 20.0. The second kappa shape index (κ2) is 6.27. The highest BCUT2D eigenvalue weighted by atomic mass is 19.1. The van der Waals surface area contributed by atoms with Gasteiger partial charge in [0.2, 0.25) is 0 Å². The first-order valence-electron chi connectivity index (χ1n) is 6.49. The van der Waals surface area contributed by atoms with E-state index >= 15 is 0 Å². The van der Waals surface area contributed by atoms with Crippen LogP contribution in [0.2, 0.25) is 0 Å². The molecule has 22 heavy (non-hydrogen) atoms. The third-order valence-corrected chi connectivity index (χ3v) is 3.39.